The van der Waals surface area contributed by atoms with Crippen molar-refractivity contribution in [2.45, 2.75) is 47.1 Å². The van der Waals surface area contributed by atoms with Crippen molar-refractivity contribution >= 4 is 33.1 Å². The van der Waals surface area contributed by atoms with Crippen LogP contribution >= 0.6 is 11.3 Å². The van der Waals surface area contributed by atoms with Crippen molar-refractivity contribution in [2.75, 3.05) is 5.32 Å². The lowest BCUT2D eigenvalue weighted by Gasteiger charge is -2.14. The third-order valence-electron chi connectivity index (χ3n) is 5.69. The smallest absolute Gasteiger partial charge is 0.263 e. The van der Waals surface area contributed by atoms with E-state index in [9.17, 15) is 9.59 Å². The summed E-state index contributed by atoms with van der Waals surface area (Å²) >= 11 is 1.51. The first-order valence-corrected chi connectivity index (χ1v) is 11.5. The molecule has 0 saturated carbocycles. The van der Waals surface area contributed by atoms with Gasteiger partial charge in [0.1, 0.15) is 11.4 Å². The lowest BCUT2D eigenvalue weighted by atomic mass is 9.97. The third-order valence-corrected chi connectivity index (χ3v) is 6.70. The van der Waals surface area contributed by atoms with Crippen LogP contribution in [0.4, 0.5) is 5.69 Å². The Labute approximate surface area is 191 Å². The van der Waals surface area contributed by atoms with Gasteiger partial charge in [0.25, 0.3) is 5.56 Å². The molecule has 0 atom stereocenters. The Kier molecular flexibility index (Phi) is 5.98. The quantitative estimate of drug-likeness (QED) is 0.421. The Bertz CT molecular complexity index is 1380. The summed E-state index contributed by atoms with van der Waals surface area (Å²) in [5.41, 5.74) is 5.85. The van der Waals surface area contributed by atoms with Crippen LogP contribution in [0.5, 0.6) is 0 Å². The number of hydrogen-bond acceptors (Lipinski definition) is 4. The number of benzene rings is 2. The third kappa shape index (κ3) is 4.10. The number of anilines is 1. The molecule has 0 aliphatic heterocycles. The van der Waals surface area contributed by atoms with Crippen molar-refractivity contribution in [3.63, 3.8) is 0 Å². The zero-order valence-corrected chi connectivity index (χ0v) is 19.8. The first-order chi connectivity index (χ1) is 15.3. The van der Waals surface area contributed by atoms with Gasteiger partial charge in [-0.1, -0.05) is 55.8 Å². The number of hydrogen-bond donors (Lipinski definition) is 1. The number of nitrogens with zero attached hydrogens (tertiary/aromatic N) is 2. The number of para-hydroxylation sites is 1. The number of amides is 1. The number of fused-ring (bicyclic) bond motifs is 1. The molecule has 0 unspecified atom stereocenters. The summed E-state index contributed by atoms with van der Waals surface area (Å²) in [6.07, 6.45) is 1.47. The van der Waals surface area contributed by atoms with E-state index in [-0.39, 0.29) is 23.9 Å². The van der Waals surface area contributed by atoms with Gasteiger partial charge < -0.3 is 5.32 Å². The number of thiophene rings is 1. The number of carbonyl (C=O) groups excluding carboxylic acids is 1. The largest absolute Gasteiger partial charge is 0.324 e. The van der Waals surface area contributed by atoms with E-state index in [4.69, 9.17) is 0 Å². The highest BCUT2D eigenvalue weighted by Crippen LogP contribution is 2.37. The van der Waals surface area contributed by atoms with E-state index < -0.39 is 0 Å². The van der Waals surface area contributed by atoms with Crippen molar-refractivity contribution < 1.29 is 4.79 Å². The summed E-state index contributed by atoms with van der Waals surface area (Å²) in [4.78, 5) is 32.5. The maximum absolute atomic E-state index is 13.4. The van der Waals surface area contributed by atoms with Gasteiger partial charge in [-0.2, -0.15) is 0 Å². The number of rotatable bonds is 5. The lowest BCUT2D eigenvalue weighted by Crippen LogP contribution is -2.28. The van der Waals surface area contributed by atoms with Crippen LogP contribution in [0.2, 0.25) is 0 Å². The fraction of sp³-hybridized carbons (Fsp3) is 0.269. The van der Waals surface area contributed by atoms with Crippen LogP contribution in [0, 0.1) is 20.8 Å². The summed E-state index contributed by atoms with van der Waals surface area (Å²) in [5, 5.41) is 3.54. The summed E-state index contributed by atoms with van der Waals surface area (Å²) in [7, 11) is 0. The van der Waals surface area contributed by atoms with E-state index in [1.165, 1.54) is 22.2 Å². The number of aryl methyl sites for hydroxylation is 3. The first-order valence-electron chi connectivity index (χ1n) is 10.7. The molecule has 0 aliphatic rings. The van der Waals surface area contributed by atoms with Gasteiger partial charge in [-0.15, -0.1) is 11.3 Å². The predicted molar refractivity (Wildman–Crippen MR) is 133 cm³/mol. The van der Waals surface area contributed by atoms with Crippen LogP contribution in [0.1, 0.15) is 41.3 Å². The second kappa shape index (κ2) is 8.71. The molecule has 32 heavy (non-hydrogen) atoms. The van der Waals surface area contributed by atoms with E-state index in [0.29, 0.717) is 10.2 Å². The number of nitrogens with one attached hydrogen (secondary N) is 1. The highest BCUT2D eigenvalue weighted by atomic mass is 32.1. The zero-order valence-electron chi connectivity index (χ0n) is 19.0. The Hall–Kier alpha value is -3.25. The van der Waals surface area contributed by atoms with Gasteiger partial charge in [-0.3, -0.25) is 14.2 Å². The van der Waals surface area contributed by atoms with Crippen molar-refractivity contribution in [3.05, 3.63) is 80.7 Å². The Morgan fingerprint density at radius 3 is 2.62 bits per heavy atom. The molecule has 2 heterocycles. The number of aromatic nitrogens is 2. The molecule has 4 aromatic rings. The minimum Gasteiger partial charge on any atom is -0.324 e. The Morgan fingerprint density at radius 1 is 1.12 bits per heavy atom. The molecule has 1 amide bonds. The molecule has 0 aliphatic carbocycles. The fourth-order valence-corrected chi connectivity index (χ4v) is 5.03. The number of carbonyl (C=O) groups is 1. The average Bonchev–Trinajstić information content (AvgIpc) is 3.08. The monoisotopic (exact) mass is 445 g/mol. The molecule has 0 saturated heterocycles. The van der Waals surface area contributed by atoms with Crippen molar-refractivity contribution in [1.29, 1.82) is 0 Å². The molecule has 0 radical (unpaired) electrons. The highest BCUT2D eigenvalue weighted by Gasteiger charge is 2.19. The second-order valence-corrected chi connectivity index (χ2v) is 9.70. The molecule has 4 rings (SSSR count). The molecule has 5 nitrogen and oxygen atoms in total. The Balaban J connectivity index is 1.73. The molecule has 1 N–H and O–H groups in total. The minimum atomic E-state index is -0.249. The topological polar surface area (TPSA) is 64.0 Å². The van der Waals surface area contributed by atoms with Crippen LogP contribution in [-0.2, 0) is 11.3 Å². The summed E-state index contributed by atoms with van der Waals surface area (Å²) in [6, 6.07) is 14.0. The maximum Gasteiger partial charge on any atom is 0.263 e. The van der Waals surface area contributed by atoms with E-state index in [1.54, 1.807) is 0 Å². The summed E-state index contributed by atoms with van der Waals surface area (Å²) in [6.45, 7) is 10.2. The Morgan fingerprint density at radius 2 is 1.88 bits per heavy atom. The normalized spacial score (nSPS) is 11.3. The van der Waals surface area contributed by atoms with Gasteiger partial charge in [-0.25, -0.2) is 4.98 Å². The minimum absolute atomic E-state index is 0.0880. The van der Waals surface area contributed by atoms with Crippen LogP contribution in [0.15, 0.2) is 53.6 Å². The van der Waals surface area contributed by atoms with E-state index in [1.807, 2.05) is 45.0 Å². The first kappa shape index (κ1) is 22.0. The second-order valence-electron chi connectivity index (χ2n) is 8.50. The highest BCUT2D eigenvalue weighted by molar-refractivity contribution is 7.19. The molecule has 0 bridgehead atoms. The van der Waals surface area contributed by atoms with Crippen molar-refractivity contribution in [2.24, 2.45) is 0 Å². The average molecular weight is 446 g/mol. The van der Waals surface area contributed by atoms with Crippen LogP contribution in [0.3, 0.4) is 0 Å². The van der Waals surface area contributed by atoms with Crippen LogP contribution in [0.25, 0.3) is 21.3 Å². The SMILES string of the molecule is Cc1ccc(C)c(-c2c(C)sc3ncn(CC(=O)Nc4ccccc4C(C)C)c(=O)c23)c1. The molecular formula is C26H27N3O2S. The van der Waals surface area contributed by atoms with Gasteiger partial charge in [0.05, 0.1) is 11.7 Å². The molecule has 6 heteroatoms. The molecule has 2 aromatic heterocycles. The van der Waals surface area contributed by atoms with E-state index in [0.717, 1.165) is 38.4 Å². The van der Waals surface area contributed by atoms with E-state index in [2.05, 4.69) is 42.3 Å². The molecule has 164 valence electrons. The van der Waals surface area contributed by atoms with Gasteiger partial charge in [0.2, 0.25) is 5.91 Å². The maximum atomic E-state index is 13.4. The predicted octanol–water partition coefficient (Wildman–Crippen LogP) is 5.81. The molecule has 0 fully saturated rings. The standard InChI is InChI=1S/C26H27N3O2S/c1-15(2)19-8-6-7-9-21(19)28-22(30)13-29-14-27-25-24(26(29)31)23(18(5)32-25)20-12-16(3)10-11-17(20)4/h6-12,14-15H,13H2,1-5H3,(H,28,30). The fourth-order valence-electron chi connectivity index (χ4n) is 4.04. The molecule has 2 aromatic carbocycles. The van der Waals surface area contributed by atoms with Gasteiger partial charge in [0.15, 0.2) is 0 Å². The van der Waals surface area contributed by atoms with Gasteiger partial charge in [-0.05, 0) is 49.4 Å². The summed E-state index contributed by atoms with van der Waals surface area (Å²) < 4.78 is 1.40. The molecule has 0 spiro atoms. The van der Waals surface area contributed by atoms with Crippen molar-refractivity contribution in [1.82, 2.24) is 9.55 Å². The van der Waals surface area contributed by atoms with Crippen LogP contribution in [-0.4, -0.2) is 15.5 Å². The zero-order chi connectivity index (χ0) is 23.0. The summed E-state index contributed by atoms with van der Waals surface area (Å²) in [5.74, 6) is 0.0303. The lowest BCUT2D eigenvalue weighted by molar-refractivity contribution is -0.116. The van der Waals surface area contributed by atoms with Gasteiger partial charge in [0, 0.05) is 16.1 Å². The molecular weight excluding hydrogens is 418 g/mol. The van der Waals surface area contributed by atoms with E-state index >= 15 is 0 Å². The van der Waals surface area contributed by atoms with Gasteiger partial charge >= 0.3 is 0 Å². The van der Waals surface area contributed by atoms with Crippen LogP contribution < -0.4 is 10.9 Å². The van der Waals surface area contributed by atoms with Crippen molar-refractivity contribution in [3.8, 4) is 11.1 Å².